The average molecular weight is 410 g/mol. The summed E-state index contributed by atoms with van der Waals surface area (Å²) in [6, 6.07) is 5.42. The fraction of sp³-hybridized carbons (Fsp3) is 0.500. The van der Waals surface area contributed by atoms with Gasteiger partial charge in [0, 0.05) is 36.8 Å². The highest BCUT2D eigenvalue weighted by molar-refractivity contribution is 5.95. The number of nitrogens with one attached hydrogen (secondary N) is 1. The molecule has 0 radical (unpaired) electrons. The lowest BCUT2D eigenvalue weighted by molar-refractivity contribution is 0.0728. The average Bonchev–Trinajstić information content (AvgIpc) is 3.41. The number of amides is 1. The first kappa shape index (κ1) is 19.1. The number of aromatic nitrogens is 2. The van der Waals surface area contributed by atoms with E-state index >= 15 is 0 Å². The van der Waals surface area contributed by atoms with Crippen LogP contribution in [0.2, 0.25) is 0 Å². The maximum Gasteiger partial charge on any atom is 0.254 e. The Morgan fingerprint density at radius 3 is 2.90 bits per heavy atom. The number of hydrogen-bond donors (Lipinski definition) is 1. The molecule has 1 amide bonds. The molecule has 0 spiro atoms. The van der Waals surface area contributed by atoms with Gasteiger partial charge in [-0.2, -0.15) is 0 Å². The molecule has 1 aromatic carbocycles. The topological polar surface area (TPSA) is 87.8 Å². The van der Waals surface area contributed by atoms with Crippen LogP contribution in [-0.2, 0) is 13.0 Å². The summed E-state index contributed by atoms with van der Waals surface area (Å²) < 4.78 is 10.8. The fourth-order valence-electron chi connectivity index (χ4n) is 4.57. The third kappa shape index (κ3) is 3.25. The van der Waals surface area contributed by atoms with E-state index in [0.717, 1.165) is 30.6 Å². The molecule has 0 saturated carbocycles. The van der Waals surface area contributed by atoms with Crippen LogP contribution in [0.3, 0.4) is 0 Å². The third-order valence-electron chi connectivity index (χ3n) is 6.30. The van der Waals surface area contributed by atoms with Crippen LogP contribution in [0.25, 0.3) is 0 Å². The van der Waals surface area contributed by atoms with Gasteiger partial charge in [-0.3, -0.25) is 14.5 Å². The minimum atomic E-state index is -0.227. The van der Waals surface area contributed by atoms with Crippen LogP contribution in [0, 0.1) is 0 Å². The van der Waals surface area contributed by atoms with Crippen molar-refractivity contribution in [2.75, 3.05) is 19.9 Å². The predicted molar refractivity (Wildman–Crippen MR) is 110 cm³/mol. The second-order valence-corrected chi connectivity index (χ2v) is 8.42. The van der Waals surface area contributed by atoms with Gasteiger partial charge in [0.1, 0.15) is 5.82 Å². The van der Waals surface area contributed by atoms with Crippen molar-refractivity contribution in [2.45, 2.75) is 51.7 Å². The second-order valence-electron chi connectivity index (χ2n) is 8.42. The molecule has 1 N–H and O–H groups in total. The summed E-state index contributed by atoms with van der Waals surface area (Å²) >= 11 is 0. The maximum absolute atomic E-state index is 13.2. The largest absolute Gasteiger partial charge is 0.454 e. The van der Waals surface area contributed by atoms with Crippen molar-refractivity contribution in [1.82, 2.24) is 19.8 Å². The second kappa shape index (κ2) is 7.43. The van der Waals surface area contributed by atoms with E-state index in [1.165, 1.54) is 0 Å². The first-order valence-electron chi connectivity index (χ1n) is 10.6. The first-order valence-corrected chi connectivity index (χ1v) is 10.6. The number of aromatic amines is 1. The van der Waals surface area contributed by atoms with Gasteiger partial charge >= 0.3 is 0 Å². The van der Waals surface area contributed by atoms with E-state index in [1.54, 1.807) is 18.2 Å². The van der Waals surface area contributed by atoms with Gasteiger partial charge in [0.05, 0.1) is 11.7 Å². The molecule has 30 heavy (non-hydrogen) atoms. The molecule has 1 atom stereocenters. The number of fused-ring (bicyclic) bond motifs is 2. The zero-order valence-corrected chi connectivity index (χ0v) is 17.3. The molecule has 8 nitrogen and oxygen atoms in total. The molecule has 1 fully saturated rings. The van der Waals surface area contributed by atoms with Crippen LogP contribution in [0.5, 0.6) is 11.5 Å². The van der Waals surface area contributed by atoms with Crippen molar-refractivity contribution in [2.24, 2.45) is 0 Å². The molecule has 0 aliphatic carbocycles. The Labute approximate surface area is 174 Å². The number of hydrogen-bond acceptors (Lipinski definition) is 6. The molecule has 158 valence electrons. The minimum Gasteiger partial charge on any atom is -0.454 e. The normalized spacial score (nSPS) is 20.6. The zero-order chi connectivity index (χ0) is 20.8. The molecule has 2 aromatic rings. The Balaban J connectivity index is 1.44. The van der Waals surface area contributed by atoms with Crippen LogP contribution in [0.4, 0.5) is 0 Å². The Morgan fingerprint density at radius 2 is 2.07 bits per heavy atom. The number of likely N-dealkylation sites (tertiary alicyclic amines) is 1. The first-order chi connectivity index (χ1) is 14.5. The van der Waals surface area contributed by atoms with E-state index in [9.17, 15) is 9.59 Å². The summed E-state index contributed by atoms with van der Waals surface area (Å²) in [4.78, 5) is 37.9. The molecule has 3 aliphatic heterocycles. The molecule has 3 aliphatic rings. The van der Waals surface area contributed by atoms with Gasteiger partial charge in [0.25, 0.3) is 11.5 Å². The quantitative estimate of drug-likeness (QED) is 0.835. The number of carbonyl (C=O) groups excluding carboxylic acids is 1. The molecule has 0 unspecified atom stereocenters. The zero-order valence-electron chi connectivity index (χ0n) is 17.3. The molecule has 5 rings (SSSR count). The number of benzene rings is 1. The number of H-pyrrole nitrogens is 1. The third-order valence-corrected chi connectivity index (χ3v) is 6.30. The molecular formula is C22H26N4O4. The van der Waals surface area contributed by atoms with E-state index in [2.05, 4.69) is 23.7 Å². The summed E-state index contributed by atoms with van der Waals surface area (Å²) in [6.45, 7) is 6.66. The number of carbonyl (C=O) groups is 1. The highest BCUT2D eigenvalue weighted by atomic mass is 16.7. The van der Waals surface area contributed by atoms with E-state index < -0.39 is 0 Å². The number of rotatable bonds is 3. The molecule has 1 aromatic heterocycles. The summed E-state index contributed by atoms with van der Waals surface area (Å²) in [7, 11) is 0. The Kier molecular flexibility index (Phi) is 4.73. The molecule has 4 heterocycles. The highest BCUT2D eigenvalue weighted by Crippen LogP contribution is 2.35. The molecule has 1 saturated heterocycles. The van der Waals surface area contributed by atoms with Crippen molar-refractivity contribution in [3.8, 4) is 11.5 Å². The van der Waals surface area contributed by atoms with E-state index in [0.29, 0.717) is 48.4 Å². The van der Waals surface area contributed by atoms with Crippen molar-refractivity contribution in [3.05, 3.63) is 51.2 Å². The van der Waals surface area contributed by atoms with Crippen LogP contribution in [-0.4, -0.2) is 51.6 Å². The van der Waals surface area contributed by atoms with Gasteiger partial charge in [-0.05, 0) is 51.3 Å². The van der Waals surface area contributed by atoms with Crippen LogP contribution < -0.4 is 15.0 Å². The Bertz CT molecular complexity index is 1050. The van der Waals surface area contributed by atoms with E-state index in [-0.39, 0.29) is 24.3 Å². The van der Waals surface area contributed by atoms with Gasteiger partial charge in [-0.1, -0.05) is 0 Å². The predicted octanol–water partition coefficient (Wildman–Crippen LogP) is 2.24. The maximum atomic E-state index is 13.2. The van der Waals surface area contributed by atoms with E-state index in [4.69, 9.17) is 14.5 Å². The fourth-order valence-corrected chi connectivity index (χ4v) is 4.57. The molecule has 0 bridgehead atoms. The van der Waals surface area contributed by atoms with E-state index in [1.807, 2.05) is 4.90 Å². The van der Waals surface area contributed by atoms with Gasteiger partial charge in [0.15, 0.2) is 11.5 Å². The molecular weight excluding hydrogens is 384 g/mol. The van der Waals surface area contributed by atoms with Crippen LogP contribution >= 0.6 is 0 Å². The van der Waals surface area contributed by atoms with Gasteiger partial charge in [-0.25, -0.2) is 4.98 Å². The number of ether oxygens (including phenoxy) is 2. The lowest BCUT2D eigenvalue weighted by Gasteiger charge is -2.31. The monoisotopic (exact) mass is 410 g/mol. The van der Waals surface area contributed by atoms with Crippen molar-refractivity contribution >= 4 is 5.91 Å². The van der Waals surface area contributed by atoms with Crippen molar-refractivity contribution < 1.29 is 14.3 Å². The minimum absolute atomic E-state index is 0.0687. The lowest BCUT2D eigenvalue weighted by atomic mass is 10.0. The summed E-state index contributed by atoms with van der Waals surface area (Å²) in [5.74, 6) is 1.75. The summed E-state index contributed by atoms with van der Waals surface area (Å²) in [5, 5.41) is 0. The number of nitrogens with zero attached hydrogens (tertiary/aromatic N) is 3. The lowest BCUT2D eigenvalue weighted by Crippen LogP contribution is -2.40. The smallest absolute Gasteiger partial charge is 0.254 e. The Hall–Kier alpha value is -2.87. The SMILES string of the molecule is CC(C)N1CCc2c(nc([C@@H]3CCCN3C(=O)c3ccc4c(c3)OCO4)[nH]c2=O)C1. The molecule has 8 heteroatoms. The van der Waals surface area contributed by atoms with Crippen molar-refractivity contribution in [3.63, 3.8) is 0 Å². The van der Waals surface area contributed by atoms with Gasteiger partial charge < -0.3 is 19.4 Å². The van der Waals surface area contributed by atoms with Gasteiger partial charge in [-0.15, -0.1) is 0 Å². The standard InChI is InChI=1S/C22H26N4O4/c1-13(2)25-9-7-15-16(11-25)23-20(24-21(15)27)17-4-3-8-26(17)22(28)14-5-6-18-19(10-14)30-12-29-18/h5-6,10,13,17H,3-4,7-9,11-12H2,1-2H3,(H,23,24,27)/t17-/m0/s1. The van der Waals surface area contributed by atoms with Crippen LogP contribution in [0.1, 0.15) is 60.2 Å². The summed E-state index contributed by atoms with van der Waals surface area (Å²) in [5.41, 5.74) is 2.11. The highest BCUT2D eigenvalue weighted by Gasteiger charge is 2.34. The Morgan fingerprint density at radius 1 is 1.23 bits per heavy atom. The van der Waals surface area contributed by atoms with Crippen LogP contribution in [0.15, 0.2) is 23.0 Å². The van der Waals surface area contributed by atoms with Crippen molar-refractivity contribution in [1.29, 1.82) is 0 Å². The van der Waals surface area contributed by atoms with Gasteiger partial charge in [0.2, 0.25) is 6.79 Å². The summed E-state index contributed by atoms with van der Waals surface area (Å²) in [6.07, 6.45) is 2.37.